The Balaban J connectivity index is 1.53. The molecule has 0 unspecified atom stereocenters. The number of carbonyl (C=O) groups is 3. The number of ether oxygens (including phenoxy) is 1. The second kappa shape index (κ2) is 6.82. The van der Waals surface area contributed by atoms with Crippen LogP contribution in [-0.4, -0.2) is 24.4 Å². The highest BCUT2D eigenvalue weighted by Crippen LogP contribution is 2.55. The monoisotopic (exact) mass is 357 g/mol. The van der Waals surface area contributed by atoms with Crippen LogP contribution < -0.4 is 20.7 Å². The number of carbonyl (C=O) groups excluding carboxylic acids is 3. The van der Waals surface area contributed by atoms with Gasteiger partial charge in [0.1, 0.15) is 5.75 Å². The number of hydrazine groups is 1. The first-order chi connectivity index (χ1) is 12.3. The zero-order valence-corrected chi connectivity index (χ0v) is 14.7. The van der Waals surface area contributed by atoms with Gasteiger partial charge >= 0.3 is 0 Å². The molecule has 7 nitrogen and oxygen atoms in total. The van der Waals surface area contributed by atoms with Gasteiger partial charge in [-0.25, -0.2) is 0 Å². The van der Waals surface area contributed by atoms with E-state index in [1.54, 1.807) is 12.1 Å². The maximum atomic E-state index is 12.5. The van der Waals surface area contributed by atoms with Gasteiger partial charge in [0.2, 0.25) is 5.91 Å². The number of carboxylic acids is 1. The second-order valence-corrected chi connectivity index (χ2v) is 7.08. The Kier molecular flexibility index (Phi) is 4.71. The molecule has 0 saturated heterocycles. The molecule has 0 spiro atoms. The Hall–Kier alpha value is -2.83. The van der Waals surface area contributed by atoms with E-state index in [1.165, 1.54) is 6.92 Å². The highest BCUT2D eigenvalue weighted by atomic mass is 16.5. The summed E-state index contributed by atoms with van der Waals surface area (Å²) in [4.78, 5) is 36.0. The first-order valence-corrected chi connectivity index (χ1v) is 8.50. The zero-order chi connectivity index (χ0) is 18.9. The third-order valence-corrected chi connectivity index (χ3v) is 5.40. The van der Waals surface area contributed by atoms with Crippen molar-refractivity contribution in [1.82, 2.24) is 10.9 Å². The van der Waals surface area contributed by atoms with Gasteiger partial charge in [-0.2, -0.15) is 0 Å². The number of rotatable bonds is 5. The minimum atomic E-state index is -1.27. The van der Waals surface area contributed by atoms with E-state index in [9.17, 15) is 19.5 Å². The fourth-order valence-electron chi connectivity index (χ4n) is 3.87. The highest BCUT2D eigenvalue weighted by molar-refractivity contribution is 5.90. The first kappa shape index (κ1) is 18.0. The van der Waals surface area contributed by atoms with Gasteiger partial charge in [0, 0.05) is 11.4 Å². The normalized spacial score (nSPS) is 28.6. The van der Waals surface area contributed by atoms with Crippen molar-refractivity contribution in [2.24, 2.45) is 23.2 Å². The molecule has 0 aliphatic heterocycles. The summed E-state index contributed by atoms with van der Waals surface area (Å²) in [7, 11) is 0. The van der Waals surface area contributed by atoms with Crippen LogP contribution in [0.3, 0.4) is 0 Å². The molecule has 2 bridgehead atoms. The molecular formula is C19H21N2O5-. The third kappa shape index (κ3) is 3.16. The lowest BCUT2D eigenvalue weighted by Gasteiger charge is -2.38. The van der Waals surface area contributed by atoms with E-state index in [4.69, 9.17) is 4.74 Å². The van der Waals surface area contributed by atoms with E-state index >= 15 is 0 Å². The molecule has 2 N–H and O–H groups in total. The largest absolute Gasteiger partial charge is 0.550 e. The summed E-state index contributed by atoms with van der Waals surface area (Å²) in [6, 6.07) is 7.21. The average Bonchev–Trinajstić information content (AvgIpc) is 3.19. The Morgan fingerprint density at radius 1 is 1.19 bits per heavy atom. The van der Waals surface area contributed by atoms with Crippen LogP contribution >= 0.6 is 0 Å². The van der Waals surface area contributed by atoms with Crippen molar-refractivity contribution in [1.29, 1.82) is 0 Å². The molecule has 138 valence electrons. The molecule has 2 aliphatic rings. The standard InChI is InChI=1S/C19H22N2O5/c1-11-3-7-14(8-4-11)26-10-15(22)20-21-17(23)16-12-5-6-13(9-12)19(16,2)18(24)25/h3-8,12-13,16H,9-10H2,1-2H3,(H,20,22)(H,21,23)(H,24,25)/p-1/t12-,13+,16+,19-/m1/s1. The predicted octanol–water partition coefficient (Wildman–Crippen LogP) is 0.0995. The van der Waals surface area contributed by atoms with Crippen molar-refractivity contribution in [2.45, 2.75) is 20.3 Å². The fraction of sp³-hybridized carbons (Fsp3) is 0.421. The molecular weight excluding hydrogens is 336 g/mol. The quantitative estimate of drug-likeness (QED) is 0.574. The third-order valence-electron chi connectivity index (χ3n) is 5.40. The first-order valence-electron chi connectivity index (χ1n) is 8.50. The van der Waals surface area contributed by atoms with Gasteiger partial charge in [-0.05, 0) is 37.3 Å². The van der Waals surface area contributed by atoms with Crippen molar-refractivity contribution in [3.05, 3.63) is 42.0 Å². The van der Waals surface area contributed by atoms with E-state index in [0.717, 1.165) is 5.56 Å². The van der Waals surface area contributed by atoms with Gasteiger partial charge in [0.15, 0.2) is 6.61 Å². The van der Waals surface area contributed by atoms with Gasteiger partial charge in [0.05, 0.1) is 5.92 Å². The predicted molar refractivity (Wildman–Crippen MR) is 90.3 cm³/mol. The Labute approximate surface area is 151 Å². The minimum Gasteiger partial charge on any atom is -0.550 e. The summed E-state index contributed by atoms with van der Waals surface area (Å²) in [5.74, 6) is -2.94. The smallest absolute Gasteiger partial charge is 0.276 e. The molecule has 1 saturated carbocycles. The summed E-state index contributed by atoms with van der Waals surface area (Å²) in [6.45, 7) is 3.21. The maximum absolute atomic E-state index is 12.5. The fourth-order valence-corrected chi connectivity index (χ4v) is 3.87. The summed E-state index contributed by atoms with van der Waals surface area (Å²) < 4.78 is 5.33. The molecule has 3 rings (SSSR count). The molecule has 1 aromatic rings. The number of hydrogen-bond donors (Lipinski definition) is 2. The van der Waals surface area contributed by atoms with E-state index in [1.807, 2.05) is 31.2 Å². The molecule has 1 aromatic carbocycles. The lowest BCUT2D eigenvalue weighted by Crippen LogP contribution is -2.55. The van der Waals surface area contributed by atoms with Crippen molar-refractivity contribution in [3.63, 3.8) is 0 Å². The van der Waals surface area contributed by atoms with E-state index in [0.29, 0.717) is 12.2 Å². The van der Waals surface area contributed by atoms with Crippen LogP contribution in [0.5, 0.6) is 5.75 Å². The second-order valence-electron chi connectivity index (χ2n) is 7.08. The lowest BCUT2D eigenvalue weighted by molar-refractivity contribution is -0.321. The number of amides is 2. The van der Waals surface area contributed by atoms with E-state index in [-0.39, 0.29) is 18.4 Å². The van der Waals surface area contributed by atoms with Crippen LogP contribution in [0.1, 0.15) is 18.9 Å². The Morgan fingerprint density at radius 3 is 2.54 bits per heavy atom. The van der Waals surface area contributed by atoms with Crippen molar-refractivity contribution in [3.8, 4) is 5.75 Å². The van der Waals surface area contributed by atoms with Gasteiger partial charge in [-0.3, -0.25) is 20.4 Å². The molecule has 0 aromatic heterocycles. The van der Waals surface area contributed by atoms with Crippen LogP contribution in [0.4, 0.5) is 0 Å². The number of aryl methyl sites for hydroxylation is 1. The number of benzene rings is 1. The zero-order valence-electron chi connectivity index (χ0n) is 14.7. The summed E-state index contributed by atoms with van der Waals surface area (Å²) in [5, 5.41) is 11.6. The van der Waals surface area contributed by atoms with Crippen LogP contribution in [0.2, 0.25) is 0 Å². The van der Waals surface area contributed by atoms with Gasteiger partial charge in [0.25, 0.3) is 5.91 Å². The average molecular weight is 357 g/mol. The SMILES string of the molecule is Cc1ccc(OCC(=O)NNC(=O)[C@@H]2[C@@H]3C=C[C@@H](C3)[C@@]2(C)C(=O)[O-])cc1. The molecule has 4 atom stereocenters. The number of carboxylic acid groups (broad SMARTS) is 1. The molecule has 26 heavy (non-hydrogen) atoms. The summed E-state index contributed by atoms with van der Waals surface area (Å²) >= 11 is 0. The Morgan fingerprint density at radius 2 is 1.88 bits per heavy atom. The molecule has 7 heteroatoms. The number of fused-ring (bicyclic) bond motifs is 2. The minimum absolute atomic E-state index is 0.163. The molecule has 2 aliphatic carbocycles. The molecule has 0 heterocycles. The van der Waals surface area contributed by atoms with Gasteiger partial charge in [-0.1, -0.05) is 36.8 Å². The number of aliphatic carboxylic acids is 1. The van der Waals surface area contributed by atoms with E-state index in [2.05, 4.69) is 10.9 Å². The lowest BCUT2D eigenvalue weighted by atomic mass is 9.69. The highest BCUT2D eigenvalue weighted by Gasteiger charge is 2.57. The van der Waals surface area contributed by atoms with Gasteiger partial charge < -0.3 is 14.6 Å². The summed E-state index contributed by atoms with van der Waals surface area (Å²) in [6.07, 6.45) is 4.30. The van der Waals surface area contributed by atoms with Crippen molar-refractivity contribution in [2.75, 3.05) is 6.61 Å². The number of allylic oxidation sites excluding steroid dienone is 2. The van der Waals surface area contributed by atoms with E-state index < -0.39 is 29.1 Å². The van der Waals surface area contributed by atoms with Crippen LogP contribution in [0.25, 0.3) is 0 Å². The molecule has 0 radical (unpaired) electrons. The molecule has 1 fully saturated rings. The van der Waals surface area contributed by atoms with Crippen molar-refractivity contribution < 1.29 is 24.2 Å². The maximum Gasteiger partial charge on any atom is 0.276 e. The topological polar surface area (TPSA) is 108 Å². The van der Waals surface area contributed by atoms with Crippen LogP contribution in [-0.2, 0) is 14.4 Å². The molecule has 2 amide bonds. The van der Waals surface area contributed by atoms with Crippen LogP contribution in [0.15, 0.2) is 36.4 Å². The van der Waals surface area contributed by atoms with Crippen LogP contribution in [0, 0.1) is 30.1 Å². The van der Waals surface area contributed by atoms with Gasteiger partial charge in [-0.15, -0.1) is 0 Å². The Bertz CT molecular complexity index is 758. The number of nitrogens with one attached hydrogen (secondary N) is 2. The van der Waals surface area contributed by atoms with Crippen molar-refractivity contribution >= 4 is 17.8 Å². The summed E-state index contributed by atoms with van der Waals surface area (Å²) in [5.41, 5.74) is 4.40. The number of hydrogen-bond acceptors (Lipinski definition) is 5.